The third-order valence-electron chi connectivity index (χ3n) is 3.45. The van der Waals surface area contributed by atoms with Crippen LogP contribution in [0.1, 0.15) is 21.5 Å². The second kappa shape index (κ2) is 8.36. The zero-order chi connectivity index (χ0) is 15.8. The Kier molecular flexibility index (Phi) is 6.19. The molecular weight excluding hydrogens is 277 g/mol. The predicted octanol–water partition coefficient (Wildman–Crippen LogP) is 1.67. The summed E-state index contributed by atoms with van der Waals surface area (Å²) in [6.07, 6.45) is 1.68. The van der Waals surface area contributed by atoms with Crippen molar-refractivity contribution in [3.8, 4) is 0 Å². The summed E-state index contributed by atoms with van der Waals surface area (Å²) in [5, 5.41) is 20.6. The first-order chi connectivity index (χ1) is 10.6. The largest absolute Gasteiger partial charge is 0.451 e. The Morgan fingerprint density at radius 1 is 0.909 bits per heavy atom. The highest BCUT2D eigenvalue weighted by Gasteiger charge is 2.08. The van der Waals surface area contributed by atoms with E-state index in [1.54, 1.807) is 12.1 Å². The predicted molar refractivity (Wildman–Crippen MR) is 87.6 cm³/mol. The van der Waals surface area contributed by atoms with E-state index in [1.165, 1.54) is 5.56 Å². The Labute approximate surface area is 131 Å². The van der Waals surface area contributed by atoms with Crippen molar-refractivity contribution in [3.05, 3.63) is 71.3 Å². The fraction of sp³-hybridized carbons (Fsp3) is 0.235. The first-order valence-electron chi connectivity index (χ1n) is 7.42. The van der Waals surface area contributed by atoms with Crippen LogP contribution >= 0.6 is 0 Å². The van der Waals surface area contributed by atoms with Gasteiger partial charge in [-0.15, -0.1) is 0 Å². The molecule has 0 fully saturated rings. The maximum absolute atomic E-state index is 12.0. The van der Waals surface area contributed by atoms with Gasteiger partial charge < -0.3 is 15.4 Å². The van der Waals surface area contributed by atoms with Gasteiger partial charge >= 0.3 is 7.12 Å². The van der Waals surface area contributed by atoms with E-state index in [0.29, 0.717) is 24.8 Å². The highest BCUT2D eigenvalue weighted by atomic mass is 16.4. The van der Waals surface area contributed by atoms with Crippen LogP contribution in [0, 0.1) is 0 Å². The molecule has 4 nitrogen and oxygen atoms in total. The molecule has 5 heteroatoms. The molecule has 0 bridgehead atoms. The van der Waals surface area contributed by atoms with Crippen LogP contribution in [0.3, 0.4) is 0 Å². The van der Waals surface area contributed by atoms with Crippen LogP contribution in [0.4, 0.5) is 0 Å². The van der Waals surface area contributed by atoms with Crippen LogP contribution in [-0.2, 0) is 12.8 Å². The summed E-state index contributed by atoms with van der Waals surface area (Å²) in [5.41, 5.74) is 2.79. The minimum atomic E-state index is -1.29. The molecule has 3 N–H and O–H groups in total. The summed E-state index contributed by atoms with van der Waals surface area (Å²) >= 11 is 0. The zero-order valence-electron chi connectivity index (χ0n) is 12.4. The van der Waals surface area contributed by atoms with Crippen LogP contribution in [0.25, 0.3) is 0 Å². The van der Waals surface area contributed by atoms with Crippen molar-refractivity contribution in [2.24, 2.45) is 0 Å². The maximum atomic E-state index is 12.0. The van der Waals surface area contributed by atoms with E-state index in [1.807, 2.05) is 42.5 Å². The SMILES string of the molecule is O=C(NCCc1ccccc1)c1ccc(CCB(O)O)cc1. The van der Waals surface area contributed by atoms with Crippen LogP contribution in [-0.4, -0.2) is 29.6 Å². The van der Waals surface area contributed by atoms with Crippen molar-refractivity contribution in [2.75, 3.05) is 6.54 Å². The number of hydrogen-bond donors (Lipinski definition) is 3. The minimum Gasteiger partial charge on any atom is -0.427 e. The van der Waals surface area contributed by atoms with E-state index in [-0.39, 0.29) is 5.91 Å². The molecule has 1 amide bonds. The van der Waals surface area contributed by atoms with Gasteiger partial charge in [0, 0.05) is 12.1 Å². The van der Waals surface area contributed by atoms with Gasteiger partial charge in [0.2, 0.25) is 0 Å². The first kappa shape index (κ1) is 16.3. The van der Waals surface area contributed by atoms with Crippen molar-refractivity contribution in [1.29, 1.82) is 0 Å². The molecule has 0 heterocycles. The van der Waals surface area contributed by atoms with Crippen molar-refractivity contribution >= 4 is 13.0 Å². The minimum absolute atomic E-state index is 0.0929. The van der Waals surface area contributed by atoms with Gasteiger partial charge in [-0.05, 0) is 42.4 Å². The van der Waals surface area contributed by atoms with Crippen LogP contribution in [0.15, 0.2) is 54.6 Å². The van der Waals surface area contributed by atoms with E-state index in [4.69, 9.17) is 10.0 Å². The Morgan fingerprint density at radius 2 is 1.55 bits per heavy atom. The van der Waals surface area contributed by atoms with Crippen molar-refractivity contribution < 1.29 is 14.8 Å². The molecule has 0 atom stereocenters. The van der Waals surface area contributed by atoms with Gasteiger partial charge in [-0.1, -0.05) is 42.5 Å². The molecule has 22 heavy (non-hydrogen) atoms. The topological polar surface area (TPSA) is 69.6 Å². The Balaban J connectivity index is 1.79. The lowest BCUT2D eigenvalue weighted by Gasteiger charge is -2.06. The van der Waals surface area contributed by atoms with E-state index in [0.717, 1.165) is 12.0 Å². The average molecular weight is 297 g/mol. The molecule has 0 saturated carbocycles. The molecule has 2 aromatic rings. The molecule has 0 spiro atoms. The number of carbonyl (C=O) groups is 1. The highest BCUT2D eigenvalue weighted by molar-refractivity contribution is 6.40. The normalized spacial score (nSPS) is 10.3. The van der Waals surface area contributed by atoms with Gasteiger partial charge in [0.25, 0.3) is 5.91 Å². The number of amides is 1. The van der Waals surface area contributed by atoms with Crippen LogP contribution in [0.2, 0.25) is 6.32 Å². The van der Waals surface area contributed by atoms with Crippen molar-refractivity contribution in [3.63, 3.8) is 0 Å². The molecule has 0 unspecified atom stereocenters. The first-order valence-corrected chi connectivity index (χ1v) is 7.42. The number of hydrogen-bond acceptors (Lipinski definition) is 3. The fourth-order valence-corrected chi connectivity index (χ4v) is 2.19. The molecular formula is C17H20BNO3. The molecule has 0 aromatic heterocycles. The molecule has 0 aliphatic carbocycles. The lowest BCUT2D eigenvalue weighted by molar-refractivity contribution is 0.0954. The second-order valence-electron chi connectivity index (χ2n) is 5.21. The monoisotopic (exact) mass is 297 g/mol. The summed E-state index contributed by atoms with van der Waals surface area (Å²) in [5.74, 6) is -0.0929. The van der Waals surface area contributed by atoms with Crippen LogP contribution in [0.5, 0.6) is 0 Å². The standard InChI is InChI=1S/C17H20BNO3/c20-17(19-13-11-14-4-2-1-3-5-14)16-8-6-15(7-9-16)10-12-18(21)22/h1-9,21-22H,10-13H2,(H,19,20). The van der Waals surface area contributed by atoms with Gasteiger partial charge in [0.05, 0.1) is 0 Å². The number of rotatable bonds is 7. The van der Waals surface area contributed by atoms with E-state index < -0.39 is 7.12 Å². The molecule has 2 rings (SSSR count). The third-order valence-corrected chi connectivity index (χ3v) is 3.45. The Hall–Kier alpha value is -2.11. The molecule has 0 aliphatic rings. The van der Waals surface area contributed by atoms with Crippen LogP contribution < -0.4 is 5.32 Å². The van der Waals surface area contributed by atoms with Gasteiger partial charge in [0.1, 0.15) is 0 Å². The van der Waals surface area contributed by atoms with E-state index in [9.17, 15) is 4.79 Å². The van der Waals surface area contributed by atoms with Crippen molar-refractivity contribution in [2.45, 2.75) is 19.2 Å². The maximum Gasteiger partial charge on any atom is 0.451 e. The van der Waals surface area contributed by atoms with E-state index in [2.05, 4.69) is 5.32 Å². The van der Waals surface area contributed by atoms with E-state index >= 15 is 0 Å². The fourth-order valence-electron chi connectivity index (χ4n) is 2.19. The zero-order valence-corrected chi connectivity index (χ0v) is 12.4. The number of nitrogens with one attached hydrogen (secondary N) is 1. The average Bonchev–Trinajstić information content (AvgIpc) is 2.54. The van der Waals surface area contributed by atoms with Gasteiger partial charge in [-0.25, -0.2) is 0 Å². The lowest BCUT2D eigenvalue weighted by Crippen LogP contribution is -2.25. The Morgan fingerprint density at radius 3 is 2.18 bits per heavy atom. The summed E-state index contributed by atoms with van der Waals surface area (Å²) < 4.78 is 0. The molecule has 2 aromatic carbocycles. The summed E-state index contributed by atoms with van der Waals surface area (Å²) in [7, 11) is -1.29. The second-order valence-corrected chi connectivity index (χ2v) is 5.21. The Bertz CT molecular complexity index is 585. The molecule has 114 valence electrons. The molecule has 0 aliphatic heterocycles. The summed E-state index contributed by atoms with van der Waals surface area (Å²) in [4.78, 5) is 12.0. The number of carbonyl (C=O) groups excluding carboxylic acids is 1. The lowest BCUT2D eigenvalue weighted by atomic mass is 9.83. The van der Waals surface area contributed by atoms with Gasteiger partial charge in [-0.3, -0.25) is 4.79 Å². The number of benzene rings is 2. The smallest absolute Gasteiger partial charge is 0.427 e. The van der Waals surface area contributed by atoms with Gasteiger partial charge in [-0.2, -0.15) is 0 Å². The quantitative estimate of drug-likeness (QED) is 0.681. The van der Waals surface area contributed by atoms with Crippen molar-refractivity contribution in [1.82, 2.24) is 5.32 Å². The third kappa shape index (κ3) is 5.35. The number of aryl methyl sites for hydroxylation is 1. The van der Waals surface area contributed by atoms with Gasteiger partial charge in [0.15, 0.2) is 0 Å². The highest BCUT2D eigenvalue weighted by Crippen LogP contribution is 2.08. The summed E-state index contributed by atoms with van der Waals surface area (Å²) in [6, 6.07) is 17.2. The summed E-state index contributed by atoms with van der Waals surface area (Å²) in [6.45, 7) is 0.599. The molecule has 0 radical (unpaired) electrons. The molecule has 0 saturated heterocycles.